The topological polar surface area (TPSA) is 60.8 Å². The van der Waals surface area contributed by atoms with Crippen LogP contribution in [0, 0.1) is 0 Å². The molecule has 2 unspecified atom stereocenters. The molecule has 1 aliphatic heterocycles. The minimum absolute atomic E-state index is 0.246. The van der Waals surface area contributed by atoms with Crippen LogP contribution in [0.5, 0.6) is 0 Å². The predicted molar refractivity (Wildman–Crippen MR) is 51.5 cm³/mol. The second-order valence-electron chi connectivity index (χ2n) is 3.46. The van der Waals surface area contributed by atoms with Crippen LogP contribution in [-0.2, 0) is 11.0 Å². The molecule has 0 saturated carbocycles. The van der Waals surface area contributed by atoms with E-state index in [1.165, 1.54) is 0 Å². The summed E-state index contributed by atoms with van der Waals surface area (Å²) in [5.41, 5.74) is -1.04. The summed E-state index contributed by atoms with van der Waals surface area (Å²) in [6.07, 6.45) is 1.39. The number of hydrogen-bond donors (Lipinski definition) is 2. The Labute approximate surface area is 81.1 Å². The van der Waals surface area contributed by atoms with Gasteiger partial charge in [0, 0.05) is 18.8 Å². The van der Waals surface area contributed by atoms with Crippen LogP contribution < -0.4 is 0 Å². The summed E-state index contributed by atoms with van der Waals surface area (Å²) >= 11 is 0. The number of β-amino-alcohol motifs (C(OH)–C–C–N with tert-alkyl or cyclic N) is 1. The zero-order valence-corrected chi connectivity index (χ0v) is 8.72. The Kier molecular flexibility index (Phi) is 3.85. The fourth-order valence-electron chi connectivity index (χ4n) is 1.56. The molecule has 0 aromatic carbocycles. The minimum atomic E-state index is -1.04. The Morgan fingerprint density at radius 2 is 2.31 bits per heavy atom. The maximum Gasteiger partial charge on any atom is 0.101 e. The monoisotopic (exact) mass is 207 g/mol. The summed E-state index contributed by atoms with van der Waals surface area (Å²) in [4.78, 5) is 0. The van der Waals surface area contributed by atoms with Crippen molar-refractivity contribution < 1.29 is 14.4 Å². The standard InChI is InChI=1S/C8H17NO3S/c1-2-13(12)9-5-3-4-8(11,6-9)7-10/h10-11H,2-7H2,1H3. The number of rotatable bonds is 3. The van der Waals surface area contributed by atoms with E-state index in [1.54, 1.807) is 4.31 Å². The van der Waals surface area contributed by atoms with Crippen LogP contribution in [0.3, 0.4) is 0 Å². The molecule has 1 aliphatic rings. The van der Waals surface area contributed by atoms with E-state index < -0.39 is 16.6 Å². The predicted octanol–water partition coefficient (Wildman–Crippen LogP) is -0.511. The first-order valence-electron chi connectivity index (χ1n) is 4.58. The van der Waals surface area contributed by atoms with Gasteiger partial charge in [-0.3, -0.25) is 0 Å². The van der Waals surface area contributed by atoms with E-state index in [0.717, 1.165) is 13.0 Å². The lowest BCUT2D eigenvalue weighted by Crippen LogP contribution is -2.51. The largest absolute Gasteiger partial charge is 0.393 e. The average molecular weight is 207 g/mol. The quantitative estimate of drug-likeness (QED) is 0.655. The smallest absolute Gasteiger partial charge is 0.101 e. The Balaban J connectivity index is 2.56. The van der Waals surface area contributed by atoms with Crippen molar-refractivity contribution >= 4 is 11.0 Å². The molecule has 2 N–H and O–H groups in total. The maximum absolute atomic E-state index is 11.4. The molecule has 78 valence electrons. The molecule has 1 fully saturated rings. The van der Waals surface area contributed by atoms with E-state index in [4.69, 9.17) is 5.11 Å². The van der Waals surface area contributed by atoms with Gasteiger partial charge in [-0.1, -0.05) is 6.92 Å². The molecule has 0 bridgehead atoms. The fraction of sp³-hybridized carbons (Fsp3) is 1.00. The zero-order chi connectivity index (χ0) is 9.90. The first-order chi connectivity index (χ1) is 6.11. The molecule has 13 heavy (non-hydrogen) atoms. The molecule has 0 spiro atoms. The van der Waals surface area contributed by atoms with Crippen LogP contribution >= 0.6 is 0 Å². The number of piperidine rings is 1. The van der Waals surface area contributed by atoms with E-state index in [2.05, 4.69) is 0 Å². The first kappa shape index (κ1) is 11.1. The summed E-state index contributed by atoms with van der Waals surface area (Å²) in [5, 5.41) is 18.7. The number of aliphatic hydroxyl groups is 2. The van der Waals surface area contributed by atoms with Crippen LogP contribution in [0.25, 0.3) is 0 Å². The van der Waals surface area contributed by atoms with Crippen molar-refractivity contribution in [2.24, 2.45) is 0 Å². The summed E-state index contributed by atoms with van der Waals surface area (Å²) in [6.45, 7) is 2.68. The van der Waals surface area contributed by atoms with Crippen molar-refractivity contribution in [3.8, 4) is 0 Å². The van der Waals surface area contributed by atoms with Gasteiger partial charge in [-0.2, -0.15) is 0 Å². The molecule has 0 aromatic heterocycles. The molecule has 1 heterocycles. The molecule has 0 aromatic rings. The molecule has 1 rings (SSSR count). The number of nitrogens with zero attached hydrogens (tertiary/aromatic N) is 1. The highest BCUT2D eigenvalue weighted by atomic mass is 32.2. The van der Waals surface area contributed by atoms with E-state index >= 15 is 0 Å². The van der Waals surface area contributed by atoms with Gasteiger partial charge in [0.25, 0.3) is 0 Å². The third-order valence-electron chi connectivity index (χ3n) is 2.35. The number of hydrogen-bond acceptors (Lipinski definition) is 3. The summed E-state index contributed by atoms with van der Waals surface area (Å²) in [7, 11) is -0.999. The molecule has 5 heteroatoms. The normalized spacial score (nSPS) is 33.2. The fourth-order valence-corrected chi connectivity index (χ4v) is 2.64. The summed E-state index contributed by atoms with van der Waals surface area (Å²) in [5.74, 6) is 0.571. The zero-order valence-electron chi connectivity index (χ0n) is 7.90. The van der Waals surface area contributed by atoms with Crippen molar-refractivity contribution in [3.05, 3.63) is 0 Å². The molecule has 0 aliphatic carbocycles. The van der Waals surface area contributed by atoms with Crippen molar-refractivity contribution in [2.45, 2.75) is 25.4 Å². The SMILES string of the molecule is CCS(=O)N1CCCC(O)(CO)C1. The van der Waals surface area contributed by atoms with Gasteiger partial charge in [-0.25, -0.2) is 8.51 Å². The molecular weight excluding hydrogens is 190 g/mol. The lowest BCUT2D eigenvalue weighted by molar-refractivity contribution is -0.0487. The van der Waals surface area contributed by atoms with E-state index in [-0.39, 0.29) is 6.61 Å². The van der Waals surface area contributed by atoms with E-state index in [0.29, 0.717) is 18.7 Å². The van der Waals surface area contributed by atoms with Crippen LogP contribution in [0.1, 0.15) is 19.8 Å². The maximum atomic E-state index is 11.4. The van der Waals surface area contributed by atoms with Crippen molar-refractivity contribution in [2.75, 3.05) is 25.4 Å². The third kappa shape index (κ3) is 2.74. The molecule has 2 atom stereocenters. The second-order valence-corrected chi connectivity index (χ2v) is 5.20. The highest BCUT2D eigenvalue weighted by Crippen LogP contribution is 2.21. The molecule has 0 radical (unpaired) electrons. The van der Waals surface area contributed by atoms with Crippen LogP contribution in [0.2, 0.25) is 0 Å². The van der Waals surface area contributed by atoms with Gasteiger partial charge >= 0.3 is 0 Å². The highest BCUT2D eigenvalue weighted by molar-refractivity contribution is 7.82. The van der Waals surface area contributed by atoms with Crippen LogP contribution in [0.15, 0.2) is 0 Å². The van der Waals surface area contributed by atoms with Gasteiger partial charge in [-0.05, 0) is 12.8 Å². The first-order valence-corrected chi connectivity index (χ1v) is 5.85. The molecule has 4 nitrogen and oxygen atoms in total. The van der Waals surface area contributed by atoms with Gasteiger partial charge in [-0.15, -0.1) is 0 Å². The van der Waals surface area contributed by atoms with Crippen LogP contribution in [0.4, 0.5) is 0 Å². The molecular formula is C8H17NO3S. The summed E-state index contributed by atoms with van der Waals surface area (Å²) < 4.78 is 13.2. The average Bonchev–Trinajstić information content (AvgIpc) is 2.17. The number of aliphatic hydroxyl groups excluding tert-OH is 1. The Morgan fingerprint density at radius 3 is 2.85 bits per heavy atom. The Hall–Kier alpha value is 0.0300. The van der Waals surface area contributed by atoms with Crippen molar-refractivity contribution in [3.63, 3.8) is 0 Å². The molecule has 0 amide bonds. The van der Waals surface area contributed by atoms with E-state index in [9.17, 15) is 9.32 Å². The van der Waals surface area contributed by atoms with Gasteiger partial charge < -0.3 is 10.2 Å². The van der Waals surface area contributed by atoms with E-state index in [1.807, 2.05) is 6.92 Å². The van der Waals surface area contributed by atoms with Gasteiger partial charge in [0.15, 0.2) is 0 Å². The summed E-state index contributed by atoms with van der Waals surface area (Å²) in [6, 6.07) is 0. The Bertz CT molecular complexity index is 200. The van der Waals surface area contributed by atoms with Crippen molar-refractivity contribution in [1.29, 1.82) is 0 Å². The third-order valence-corrected chi connectivity index (χ3v) is 3.73. The highest BCUT2D eigenvalue weighted by Gasteiger charge is 2.34. The van der Waals surface area contributed by atoms with Gasteiger partial charge in [0.1, 0.15) is 5.60 Å². The van der Waals surface area contributed by atoms with Gasteiger partial charge in [0.2, 0.25) is 0 Å². The van der Waals surface area contributed by atoms with Crippen LogP contribution in [-0.4, -0.2) is 49.8 Å². The molecule has 1 saturated heterocycles. The minimum Gasteiger partial charge on any atom is -0.393 e. The second kappa shape index (κ2) is 4.50. The lowest BCUT2D eigenvalue weighted by Gasteiger charge is -2.36. The lowest BCUT2D eigenvalue weighted by atomic mass is 9.95. The van der Waals surface area contributed by atoms with Gasteiger partial charge in [0.05, 0.1) is 17.6 Å². The van der Waals surface area contributed by atoms with Crippen molar-refractivity contribution in [1.82, 2.24) is 4.31 Å². The Morgan fingerprint density at radius 1 is 1.62 bits per heavy atom.